The smallest absolute Gasteiger partial charge is 0.0784 e. The van der Waals surface area contributed by atoms with Crippen LogP contribution in [0.4, 0.5) is 0 Å². The van der Waals surface area contributed by atoms with Gasteiger partial charge in [-0.05, 0) is 116 Å². The lowest BCUT2D eigenvalue weighted by molar-refractivity contribution is -0.910. The Balaban J connectivity index is -0.000000256. The lowest BCUT2D eigenvalue weighted by atomic mass is 10.1. The fourth-order valence-corrected chi connectivity index (χ4v) is 12.5. The average Bonchev–Trinajstić information content (AvgIpc) is 3.43. The van der Waals surface area contributed by atoms with E-state index in [1.165, 1.54) is 419 Å². The molecule has 81 heavy (non-hydrogen) atoms. The number of hydrogen-bond donors (Lipinski definition) is 0. The monoisotopic (exact) mass is 1490 g/mol. The molecule has 0 N–H and O–H groups in total. The van der Waals surface area contributed by atoms with E-state index < -0.39 is 0 Å². The van der Waals surface area contributed by atoms with Gasteiger partial charge < -0.3 is 85.4 Å². The van der Waals surface area contributed by atoms with E-state index in [2.05, 4.69) is 83.5 Å². The molecule has 6 heteroatoms. The molecule has 0 aliphatic rings. The van der Waals surface area contributed by atoms with E-state index in [0.717, 1.165) is 0 Å². The van der Waals surface area contributed by atoms with Crippen LogP contribution in [-0.2, 0) is 0 Å². The van der Waals surface area contributed by atoms with Gasteiger partial charge in [0, 0.05) is 0 Å². The maximum absolute atomic E-state index is 2.56. The second-order valence-corrected chi connectivity index (χ2v) is 27.3. The number of halogens is 3. The van der Waals surface area contributed by atoms with Gasteiger partial charge in [0.05, 0.1) is 80.0 Å². The molecular weight excluding hydrogens is 1320 g/mol. The van der Waals surface area contributed by atoms with Crippen LogP contribution in [-0.4, -0.2) is 93.5 Å². The van der Waals surface area contributed by atoms with Crippen LogP contribution >= 0.6 is 0 Å². The Bertz CT molecular complexity index is 807. The second-order valence-electron chi connectivity index (χ2n) is 27.3. The third-order valence-electron chi connectivity index (χ3n) is 18.5. The summed E-state index contributed by atoms with van der Waals surface area (Å²) >= 11 is 0. The van der Waals surface area contributed by atoms with Crippen molar-refractivity contribution in [2.45, 2.75) is 409 Å². The lowest BCUT2D eigenvalue weighted by Gasteiger charge is -2.35. The van der Waals surface area contributed by atoms with Gasteiger partial charge in [-0.2, -0.15) is 0 Å². The molecule has 0 aromatic rings. The standard InChI is InChI=1S/3C25H54N.3HI/c3*1-5-8-11-14-17-20-23-26(4,24-21-18-15-12-9-6-2)25-22-19-16-13-10-7-3;;;/h3*5-25H2,1-4H3;3*1H/q3*+1;;;/p-3. The number of hydrogen-bond acceptors (Lipinski definition) is 0. The molecule has 0 radical (unpaired) electrons. The molecule has 0 unspecified atom stereocenters. The quantitative estimate of drug-likeness (QED) is 0.0323. The third-order valence-corrected chi connectivity index (χ3v) is 18.5. The van der Waals surface area contributed by atoms with Crippen molar-refractivity contribution in [3.05, 3.63) is 0 Å². The van der Waals surface area contributed by atoms with Crippen LogP contribution in [0, 0.1) is 0 Å². The predicted octanol–water partition coefficient (Wildman–Crippen LogP) is 16.6. The molecule has 0 atom stereocenters. The molecule has 0 aromatic heterocycles. The van der Waals surface area contributed by atoms with Crippen molar-refractivity contribution in [1.29, 1.82) is 0 Å². The van der Waals surface area contributed by atoms with Gasteiger partial charge in [0.15, 0.2) is 0 Å². The van der Waals surface area contributed by atoms with E-state index in [1.807, 2.05) is 0 Å². The average molecular weight is 1490 g/mol. The highest BCUT2D eigenvalue weighted by Gasteiger charge is 2.22. The maximum atomic E-state index is 2.56. The first kappa shape index (κ1) is 94.2. The summed E-state index contributed by atoms with van der Waals surface area (Å²) in [5.74, 6) is 0. The zero-order chi connectivity index (χ0) is 58.0. The molecule has 498 valence electrons. The van der Waals surface area contributed by atoms with E-state index in [0.29, 0.717) is 0 Å². The van der Waals surface area contributed by atoms with Crippen molar-refractivity contribution < 1.29 is 85.4 Å². The van der Waals surface area contributed by atoms with E-state index in [4.69, 9.17) is 0 Å². The van der Waals surface area contributed by atoms with Gasteiger partial charge in [0.25, 0.3) is 0 Å². The molecule has 0 spiro atoms. The second kappa shape index (κ2) is 78.2. The van der Waals surface area contributed by atoms with E-state index in [1.54, 1.807) is 0 Å². The fraction of sp³-hybridized carbons (Fsp3) is 1.00. The lowest BCUT2D eigenvalue weighted by Crippen LogP contribution is -3.00. The Kier molecular flexibility index (Phi) is 90.9. The summed E-state index contributed by atoms with van der Waals surface area (Å²) in [5, 5.41) is 0. The van der Waals surface area contributed by atoms with Crippen LogP contribution in [0.5, 0.6) is 0 Å². The number of quaternary nitrogens is 3. The molecule has 3 nitrogen and oxygen atoms in total. The summed E-state index contributed by atoms with van der Waals surface area (Å²) in [6.45, 7) is 33.7. The molecule has 0 rings (SSSR count). The molecule has 0 saturated heterocycles. The SMILES string of the molecule is CCCCCCCC[N+](C)(CCCCCCCC)CCCCCCCC.CCCCCCCC[N+](C)(CCCCCCCC)CCCCCCCC.CCCCCCCC[N+](C)(CCCCCCCC)CCCCCCCC.[I-].[I-].[I-]. The Morgan fingerprint density at radius 3 is 0.284 bits per heavy atom. The van der Waals surface area contributed by atoms with Gasteiger partial charge in [-0.3, -0.25) is 0 Å². The van der Waals surface area contributed by atoms with E-state index >= 15 is 0 Å². The predicted molar refractivity (Wildman–Crippen MR) is 363 cm³/mol. The van der Waals surface area contributed by atoms with Gasteiger partial charge in [0.1, 0.15) is 0 Å². The van der Waals surface area contributed by atoms with E-state index in [-0.39, 0.29) is 71.9 Å². The molecule has 0 aliphatic carbocycles. The molecule has 0 aromatic carbocycles. The maximum Gasteiger partial charge on any atom is 0.0784 e. The molecular formula is C75H162I3N3. The minimum Gasteiger partial charge on any atom is -1.00 e. The Morgan fingerprint density at radius 1 is 0.123 bits per heavy atom. The van der Waals surface area contributed by atoms with Crippen molar-refractivity contribution in [1.82, 2.24) is 0 Å². The molecule has 0 heterocycles. The van der Waals surface area contributed by atoms with Crippen molar-refractivity contribution >= 4 is 0 Å². The van der Waals surface area contributed by atoms with Gasteiger partial charge in [0.2, 0.25) is 0 Å². The largest absolute Gasteiger partial charge is 1.00 e. The molecule has 0 aliphatic heterocycles. The van der Waals surface area contributed by atoms with Crippen LogP contribution in [0.2, 0.25) is 0 Å². The number of rotatable bonds is 63. The normalized spacial score (nSPS) is 11.6. The van der Waals surface area contributed by atoms with Gasteiger partial charge in [-0.15, -0.1) is 0 Å². The van der Waals surface area contributed by atoms with Gasteiger partial charge in [-0.25, -0.2) is 0 Å². The minimum absolute atomic E-state index is 0. The summed E-state index contributed by atoms with van der Waals surface area (Å²) in [7, 11) is 7.68. The first-order valence-electron chi connectivity index (χ1n) is 37.6. The topological polar surface area (TPSA) is 0 Å². The van der Waals surface area contributed by atoms with Gasteiger partial charge >= 0.3 is 0 Å². The molecule has 0 bridgehead atoms. The summed E-state index contributed by atoms with van der Waals surface area (Å²) in [6, 6.07) is 0. The summed E-state index contributed by atoms with van der Waals surface area (Å²) in [6.07, 6.45) is 77.6. The minimum atomic E-state index is 0. The first-order valence-corrected chi connectivity index (χ1v) is 37.6. The van der Waals surface area contributed by atoms with Crippen LogP contribution in [0.1, 0.15) is 409 Å². The van der Waals surface area contributed by atoms with E-state index in [9.17, 15) is 0 Å². The zero-order valence-electron chi connectivity index (χ0n) is 59.0. The van der Waals surface area contributed by atoms with Crippen molar-refractivity contribution in [3.8, 4) is 0 Å². The Labute approximate surface area is 569 Å². The van der Waals surface area contributed by atoms with Crippen LogP contribution in [0.15, 0.2) is 0 Å². The summed E-state index contributed by atoms with van der Waals surface area (Å²) in [4.78, 5) is 0. The highest BCUT2D eigenvalue weighted by atomic mass is 127. The molecule has 0 saturated carbocycles. The van der Waals surface area contributed by atoms with Crippen LogP contribution < -0.4 is 71.9 Å². The van der Waals surface area contributed by atoms with Crippen LogP contribution in [0.25, 0.3) is 0 Å². The highest BCUT2D eigenvalue weighted by Crippen LogP contribution is 2.20. The van der Waals surface area contributed by atoms with Crippen LogP contribution in [0.3, 0.4) is 0 Å². The zero-order valence-corrected chi connectivity index (χ0v) is 65.5. The fourth-order valence-electron chi connectivity index (χ4n) is 12.5. The molecule has 0 amide bonds. The summed E-state index contributed by atoms with van der Waals surface area (Å²) in [5.41, 5.74) is 0. The number of nitrogens with zero attached hydrogens (tertiary/aromatic N) is 3. The molecule has 0 fully saturated rings. The summed E-state index contributed by atoms with van der Waals surface area (Å²) < 4.78 is 4.07. The highest BCUT2D eigenvalue weighted by molar-refractivity contribution is 4.55. The third kappa shape index (κ3) is 76.2. The first-order chi connectivity index (χ1) is 38.0. The number of unbranched alkanes of at least 4 members (excludes halogenated alkanes) is 45. The Morgan fingerprint density at radius 2 is 0.198 bits per heavy atom. The van der Waals surface area contributed by atoms with Crippen molar-refractivity contribution in [2.24, 2.45) is 0 Å². The Hall–Kier alpha value is 2.07. The van der Waals surface area contributed by atoms with Crippen molar-refractivity contribution in [2.75, 3.05) is 80.0 Å². The van der Waals surface area contributed by atoms with Gasteiger partial charge in [-0.1, -0.05) is 293 Å². The van der Waals surface area contributed by atoms with Crippen molar-refractivity contribution in [3.63, 3.8) is 0 Å².